The van der Waals surface area contributed by atoms with Gasteiger partial charge in [-0.05, 0) is 19.1 Å². The molecule has 0 heterocycles. The van der Waals surface area contributed by atoms with E-state index in [4.69, 9.17) is 10.6 Å². The van der Waals surface area contributed by atoms with E-state index in [9.17, 15) is 4.79 Å². The number of anilines is 1. The van der Waals surface area contributed by atoms with Gasteiger partial charge in [0.15, 0.2) is 0 Å². The lowest BCUT2D eigenvalue weighted by Crippen LogP contribution is -2.30. The third kappa shape index (κ3) is 2.45. The molecule has 4 heteroatoms. The van der Waals surface area contributed by atoms with Gasteiger partial charge in [0, 0.05) is 0 Å². The van der Waals surface area contributed by atoms with Crippen LogP contribution in [0.1, 0.15) is 6.92 Å². The Morgan fingerprint density at radius 2 is 2.08 bits per heavy atom. The summed E-state index contributed by atoms with van der Waals surface area (Å²) in [5.41, 5.74) is 7.51. The van der Waals surface area contributed by atoms with Gasteiger partial charge in [-0.3, -0.25) is 4.84 Å². The number of urea groups is 1. The number of para-hydroxylation sites is 1. The maximum absolute atomic E-state index is 10.8. The van der Waals surface area contributed by atoms with Crippen LogP contribution < -0.4 is 10.8 Å². The summed E-state index contributed by atoms with van der Waals surface area (Å²) in [6, 6.07) is 7.95. The van der Waals surface area contributed by atoms with Crippen molar-refractivity contribution in [2.24, 2.45) is 0 Å². The lowest BCUT2D eigenvalue weighted by atomic mass is 10.3. The van der Waals surface area contributed by atoms with Gasteiger partial charge in [-0.15, -0.1) is 0 Å². The van der Waals surface area contributed by atoms with E-state index < -0.39 is 6.03 Å². The van der Waals surface area contributed by atoms with Gasteiger partial charge in [-0.25, -0.2) is 10.5 Å². The zero-order valence-corrected chi connectivity index (χ0v) is 7.36. The highest BCUT2D eigenvalue weighted by atomic mass is 16.7. The topological polar surface area (TPSA) is 53.3 Å². The van der Waals surface area contributed by atoms with Gasteiger partial charge in [0.25, 0.3) is 0 Å². The molecule has 1 aromatic rings. The van der Waals surface area contributed by atoms with Crippen molar-refractivity contribution in [1.29, 1.82) is 0 Å². The third-order valence-electron chi connectivity index (χ3n) is 1.43. The molecule has 0 bridgehead atoms. The number of nitrogens with one attached hydrogen (secondary N) is 1. The van der Waals surface area contributed by atoms with Gasteiger partial charge in [0.1, 0.15) is 0 Å². The molecule has 0 unspecified atom stereocenters. The van der Waals surface area contributed by atoms with E-state index in [0.717, 1.165) is 5.06 Å². The second-order valence-electron chi connectivity index (χ2n) is 2.35. The van der Waals surface area contributed by atoms with Crippen LogP contribution in [0.2, 0.25) is 0 Å². The summed E-state index contributed by atoms with van der Waals surface area (Å²) >= 11 is 0. The van der Waals surface area contributed by atoms with Gasteiger partial charge in [0.2, 0.25) is 0 Å². The molecule has 4 nitrogen and oxygen atoms in total. The molecular weight excluding hydrogens is 168 g/mol. The van der Waals surface area contributed by atoms with E-state index >= 15 is 0 Å². The van der Waals surface area contributed by atoms with Gasteiger partial charge in [0.05, 0.1) is 12.3 Å². The van der Waals surface area contributed by atoms with Crippen LogP contribution in [0.25, 0.3) is 0 Å². The summed E-state index contributed by atoms with van der Waals surface area (Å²) in [4.78, 5) is 15.8. The molecule has 1 rings (SSSR count). The Kier molecular flexibility index (Phi) is 3.28. The smallest absolute Gasteiger partial charge is 0.265 e. The molecule has 0 saturated heterocycles. The molecule has 13 heavy (non-hydrogen) atoms. The molecule has 1 aromatic carbocycles. The molecule has 0 aliphatic heterocycles. The number of hydrogen-bond acceptors (Lipinski definition) is 2. The SMILES string of the molecule is CCON(C([NH])=O)c1ccccc1. The first kappa shape index (κ1) is 9.54. The van der Waals surface area contributed by atoms with Crippen molar-refractivity contribution < 1.29 is 9.63 Å². The van der Waals surface area contributed by atoms with Crippen LogP contribution in [-0.4, -0.2) is 12.6 Å². The fraction of sp³-hybridized carbons (Fsp3) is 0.222. The number of nitrogens with zero attached hydrogens (tertiary/aromatic N) is 1. The second-order valence-corrected chi connectivity index (χ2v) is 2.35. The molecular formula is C9H11N2O2. The molecule has 0 saturated carbocycles. The summed E-state index contributed by atoms with van der Waals surface area (Å²) in [7, 11) is 0. The monoisotopic (exact) mass is 179 g/mol. The number of rotatable bonds is 3. The summed E-state index contributed by atoms with van der Waals surface area (Å²) in [5, 5.41) is 0.958. The van der Waals surface area contributed by atoms with Crippen molar-refractivity contribution in [2.75, 3.05) is 11.7 Å². The molecule has 0 atom stereocenters. The Balaban J connectivity index is 2.82. The van der Waals surface area contributed by atoms with Crippen molar-refractivity contribution in [2.45, 2.75) is 6.92 Å². The zero-order valence-electron chi connectivity index (χ0n) is 7.36. The Bertz CT molecular complexity index is 274. The third-order valence-corrected chi connectivity index (χ3v) is 1.43. The molecule has 0 aromatic heterocycles. The fourth-order valence-corrected chi connectivity index (χ4v) is 0.943. The summed E-state index contributed by atoms with van der Waals surface area (Å²) < 4.78 is 0. The van der Waals surface area contributed by atoms with E-state index in [1.54, 1.807) is 31.2 Å². The van der Waals surface area contributed by atoms with Gasteiger partial charge in [-0.1, -0.05) is 18.2 Å². The molecule has 1 N–H and O–H groups in total. The molecule has 0 aliphatic rings. The molecule has 0 spiro atoms. The first-order chi connectivity index (χ1) is 6.25. The van der Waals surface area contributed by atoms with E-state index in [2.05, 4.69) is 0 Å². The molecule has 1 radical (unpaired) electrons. The van der Waals surface area contributed by atoms with E-state index in [0.29, 0.717) is 12.3 Å². The van der Waals surface area contributed by atoms with E-state index in [1.807, 2.05) is 6.07 Å². The number of hydrogen-bond donors (Lipinski definition) is 0. The molecule has 2 amide bonds. The van der Waals surface area contributed by atoms with Crippen LogP contribution in [0.5, 0.6) is 0 Å². The van der Waals surface area contributed by atoms with Crippen LogP contribution in [-0.2, 0) is 4.84 Å². The second kappa shape index (κ2) is 4.47. The number of carbonyl (C=O) groups is 1. The molecule has 0 aliphatic carbocycles. The van der Waals surface area contributed by atoms with Crippen LogP contribution in [0.3, 0.4) is 0 Å². The number of benzene rings is 1. The quantitative estimate of drug-likeness (QED) is 0.665. The van der Waals surface area contributed by atoms with Gasteiger partial charge < -0.3 is 0 Å². The average Bonchev–Trinajstić information content (AvgIpc) is 2.15. The van der Waals surface area contributed by atoms with Crippen LogP contribution in [0, 0.1) is 0 Å². The highest BCUT2D eigenvalue weighted by Gasteiger charge is 2.11. The van der Waals surface area contributed by atoms with Crippen molar-refractivity contribution in [3.63, 3.8) is 0 Å². The van der Waals surface area contributed by atoms with Gasteiger partial charge >= 0.3 is 6.03 Å². The maximum Gasteiger partial charge on any atom is 0.364 e. The Labute approximate surface area is 76.9 Å². The summed E-state index contributed by atoms with van der Waals surface area (Å²) in [6.45, 7) is 2.12. The standard InChI is InChI=1S/C9H11N2O2/c1-2-13-11(9(10)12)8-6-4-3-5-7-8/h3-7,10H,2H2,1H3. The first-order valence-corrected chi connectivity index (χ1v) is 3.99. The molecule has 0 fully saturated rings. The Morgan fingerprint density at radius 3 is 2.54 bits per heavy atom. The van der Waals surface area contributed by atoms with Crippen LogP contribution in [0.4, 0.5) is 10.5 Å². The highest BCUT2D eigenvalue weighted by Crippen LogP contribution is 2.13. The fourth-order valence-electron chi connectivity index (χ4n) is 0.943. The van der Waals surface area contributed by atoms with Crippen molar-refractivity contribution in [3.05, 3.63) is 30.3 Å². The minimum Gasteiger partial charge on any atom is -0.265 e. The number of amides is 2. The minimum absolute atomic E-state index is 0.361. The predicted molar refractivity (Wildman–Crippen MR) is 49.0 cm³/mol. The lowest BCUT2D eigenvalue weighted by Gasteiger charge is -2.17. The summed E-state index contributed by atoms with van der Waals surface area (Å²) in [5.74, 6) is 0. The minimum atomic E-state index is -0.868. The number of hydroxylamine groups is 1. The number of carbonyl (C=O) groups excluding carboxylic acids is 1. The van der Waals surface area contributed by atoms with Crippen molar-refractivity contribution >= 4 is 11.7 Å². The Morgan fingerprint density at radius 1 is 1.46 bits per heavy atom. The Hall–Kier alpha value is -1.55. The highest BCUT2D eigenvalue weighted by molar-refractivity contribution is 5.87. The van der Waals surface area contributed by atoms with Crippen molar-refractivity contribution in [1.82, 2.24) is 5.73 Å². The first-order valence-electron chi connectivity index (χ1n) is 3.99. The van der Waals surface area contributed by atoms with Gasteiger partial charge in [-0.2, -0.15) is 5.06 Å². The van der Waals surface area contributed by atoms with Crippen LogP contribution >= 0.6 is 0 Å². The lowest BCUT2D eigenvalue weighted by molar-refractivity contribution is 0.130. The maximum atomic E-state index is 10.8. The normalized spacial score (nSPS) is 9.62. The summed E-state index contributed by atoms with van der Waals surface area (Å²) in [6.07, 6.45) is 0. The predicted octanol–water partition coefficient (Wildman–Crippen LogP) is 1.85. The average molecular weight is 179 g/mol. The van der Waals surface area contributed by atoms with E-state index in [1.165, 1.54) is 0 Å². The largest absolute Gasteiger partial charge is 0.364 e. The van der Waals surface area contributed by atoms with E-state index in [-0.39, 0.29) is 0 Å². The zero-order chi connectivity index (χ0) is 9.68. The van der Waals surface area contributed by atoms with Crippen molar-refractivity contribution in [3.8, 4) is 0 Å². The molecule has 69 valence electrons. The van der Waals surface area contributed by atoms with Crippen LogP contribution in [0.15, 0.2) is 30.3 Å².